The predicted molar refractivity (Wildman–Crippen MR) is 81.7 cm³/mol. The molecule has 0 heterocycles. The van der Waals surface area contributed by atoms with Crippen molar-refractivity contribution in [3.05, 3.63) is 23.5 Å². The number of alkyl halides is 5. The molecule has 1 aromatic carbocycles. The lowest BCUT2D eigenvalue weighted by atomic mass is 9.95. The van der Waals surface area contributed by atoms with Gasteiger partial charge in [-0.2, -0.15) is 13.2 Å². The highest BCUT2D eigenvalue weighted by atomic mass is 35.5. The summed E-state index contributed by atoms with van der Waals surface area (Å²) in [5.74, 6) is -1.75. The second-order valence-electron chi connectivity index (χ2n) is 5.20. The van der Waals surface area contributed by atoms with E-state index in [0.717, 1.165) is 6.07 Å². The number of halogens is 6. The van der Waals surface area contributed by atoms with Crippen molar-refractivity contribution in [2.45, 2.75) is 35.5 Å². The van der Waals surface area contributed by atoms with Crippen LogP contribution >= 0.6 is 23.4 Å². The van der Waals surface area contributed by atoms with Crippen molar-refractivity contribution < 1.29 is 22.0 Å². The third-order valence-corrected chi connectivity index (χ3v) is 5.23. The van der Waals surface area contributed by atoms with Gasteiger partial charge in [-0.05, 0) is 30.2 Å². The summed E-state index contributed by atoms with van der Waals surface area (Å²) in [4.78, 5) is 3.03. The summed E-state index contributed by atoms with van der Waals surface area (Å²) >= 11 is 6.52. The molecule has 9 heteroatoms. The highest BCUT2D eigenvalue weighted by Crippen LogP contribution is 2.47. The minimum atomic E-state index is -4.32. The van der Waals surface area contributed by atoms with Gasteiger partial charge in [0.15, 0.2) is 7.85 Å². The molecule has 0 aliphatic heterocycles. The van der Waals surface area contributed by atoms with Gasteiger partial charge in [-0.3, -0.25) is 4.99 Å². The van der Waals surface area contributed by atoms with E-state index in [1.54, 1.807) is 0 Å². The van der Waals surface area contributed by atoms with Crippen molar-refractivity contribution in [3.8, 4) is 0 Å². The fourth-order valence-corrected chi connectivity index (χ4v) is 2.87. The third-order valence-electron chi connectivity index (χ3n) is 3.34. The Labute approximate surface area is 134 Å². The lowest BCUT2D eigenvalue weighted by molar-refractivity contribution is -0.105. The number of rotatable bonds is 4. The quantitative estimate of drug-likeness (QED) is 0.260. The van der Waals surface area contributed by atoms with E-state index in [-0.39, 0.29) is 22.6 Å². The molecule has 1 aromatic rings. The first kappa shape index (κ1) is 17.6. The first-order valence-electron chi connectivity index (χ1n) is 6.41. The Balaban J connectivity index is 2.27. The minimum Gasteiger partial charge on any atom is -0.263 e. The molecule has 0 radical (unpaired) electrons. The van der Waals surface area contributed by atoms with E-state index in [1.807, 2.05) is 0 Å². The van der Waals surface area contributed by atoms with Gasteiger partial charge in [0, 0.05) is 11.3 Å². The van der Waals surface area contributed by atoms with E-state index in [9.17, 15) is 22.0 Å². The zero-order valence-electron chi connectivity index (χ0n) is 11.8. The van der Waals surface area contributed by atoms with Crippen molar-refractivity contribution in [2.24, 2.45) is 4.99 Å². The summed E-state index contributed by atoms with van der Waals surface area (Å²) in [6.45, 7) is 1.52. The Morgan fingerprint density at radius 1 is 1.50 bits per heavy atom. The maximum Gasteiger partial charge on any atom is 0.398 e. The van der Waals surface area contributed by atoms with Crippen LogP contribution in [0.15, 0.2) is 22.0 Å². The number of nitrogens with zero attached hydrogens (tertiary/aromatic N) is 1. The SMILES string of the molecule is B/C(=N\c1cc(SCC(F)(F)F)c(C)cc1F)C1(Cl)CC1F. The predicted octanol–water partition coefficient (Wildman–Crippen LogP) is 4.17. The summed E-state index contributed by atoms with van der Waals surface area (Å²) in [7, 11) is 1.48. The molecule has 2 unspecified atom stereocenters. The van der Waals surface area contributed by atoms with E-state index in [2.05, 4.69) is 4.99 Å². The van der Waals surface area contributed by atoms with Crippen LogP contribution in [0.3, 0.4) is 0 Å². The molecule has 1 aliphatic carbocycles. The van der Waals surface area contributed by atoms with Crippen LogP contribution in [0.2, 0.25) is 0 Å². The highest BCUT2D eigenvalue weighted by molar-refractivity contribution is 7.99. The monoisotopic (exact) mass is 355 g/mol. The van der Waals surface area contributed by atoms with Gasteiger partial charge in [-0.1, -0.05) is 0 Å². The number of aliphatic imine (C=N–C) groups is 1. The normalized spacial score (nSPS) is 25.4. The van der Waals surface area contributed by atoms with Crippen LogP contribution in [0, 0.1) is 12.7 Å². The summed E-state index contributed by atoms with van der Waals surface area (Å²) in [5, 5.41) is 0. The third kappa shape index (κ3) is 3.96. The number of hydrogen-bond donors (Lipinski definition) is 0. The molecule has 1 saturated carbocycles. The van der Waals surface area contributed by atoms with Gasteiger partial charge in [0.25, 0.3) is 0 Å². The molecular weight excluding hydrogens is 343 g/mol. The average Bonchev–Trinajstić information content (AvgIpc) is 2.99. The molecule has 22 heavy (non-hydrogen) atoms. The van der Waals surface area contributed by atoms with Crippen LogP contribution in [0.4, 0.5) is 27.6 Å². The smallest absolute Gasteiger partial charge is 0.263 e. The first-order valence-corrected chi connectivity index (χ1v) is 7.78. The zero-order chi connectivity index (χ0) is 16.7. The Kier molecular flexibility index (Phi) is 4.83. The molecule has 1 nitrogen and oxygen atoms in total. The van der Waals surface area contributed by atoms with E-state index in [1.165, 1.54) is 20.8 Å². The van der Waals surface area contributed by atoms with Crippen LogP contribution in [-0.4, -0.2) is 36.4 Å². The van der Waals surface area contributed by atoms with Crippen LogP contribution in [0.5, 0.6) is 0 Å². The highest BCUT2D eigenvalue weighted by Gasteiger charge is 2.56. The van der Waals surface area contributed by atoms with Gasteiger partial charge in [-0.25, -0.2) is 8.78 Å². The average molecular weight is 356 g/mol. The van der Waals surface area contributed by atoms with Crippen molar-refractivity contribution >= 4 is 42.5 Å². The molecule has 1 fully saturated rings. The fourth-order valence-electron chi connectivity index (χ4n) is 1.89. The zero-order valence-corrected chi connectivity index (χ0v) is 13.3. The number of hydrogen-bond acceptors (Lipinski definition) is 2. The lowest BCUT2D eigenvalue weighted by Gasteiger charge is -2.11. The van der Waals surface area contributed by atoms with Crippen LogP contribution < -0.4 is 0 Å². The van der Waals surface area contributed by atoms with Crippen molar-refractivity contribution in [3.63, 3.8) is 0 Å². The topological polar surface area (TPSA) is 12.4 Å². The number of thioether (sulfide) groups is 1. The molecule has 2 rings (SSSR count). The number of aryl methyl sites for hydroxylation is 1. The first-order chi connectivity index (χ1) is 10.0. The molecule has 0 saturated heterocycles. The largest absolute Gasteiger partial charge is 0.398 e. The van der Waals surface area contributed by atoms with Crippen LogP contribution in [-0.2, 0) is 0 Å². The minimum absolute atomic E-state index is 0.104. The summed E-state index contributed by atoms with van der Waals surface area (Å²) in [6.07, 6.45) is -5.45. The molecule has 0 spiro atoms. The maximum absolute atomic E-state index is 13.9. The Bertz CT molecular complexity index is 621. The second-order valence-corrected chi connectivity index (χ2v) is 6.90. The van der Waals surface area contributed by atoms with Gasteiger partial charge in [-0.15, -0.1) is 23.4 Å². The molecule has 0 aromatic heterocycles. The fraction of sp³-hybridized carbons (Fsp3) is 0.462. The Hall–Kier alpha value is -0.755. The van der Waals surface area contributed by atoms with E-state index < -0.39 is 28.8 Å². The van der Waals surface area contributed by atoms with Crippen LogP contribution in [0.1, 0.15) is 12.0 Å². The Morgan fingerprint density at radius 3 is 2.59 bits per heavy atom. The van der Waals surface area contributed by atoms with Crippen molar-refractivity contribution in [1.82, 2.24) is 0 Å². The van der Waals surface area contributed by atoms with Crippen LogP contribution in [0.25, 0.3) is 0 Å². The van der Waals surface area contributed by atoms with E-state index in [4.69, 9.17) is 11.6 Å². The molecule has 1 aliphatic rings. The molecular formula is C13H12BClF5NS. The molecule has 2 atom stereocenters. The summed E-state index contributed by atoms with van der Waals surface area (Å²) in [6, 6.07) is 2.35. The van der Waals surface area contributed by atoms with Crippen molar-refractivity contribution in [2.75, 3.05) is 5.75 Å². The van der Waals surface area contributed by atoms with Gasteiger partial charge >= 0.3 is 6.18 Å². The summed E-state index contributed by atoms with van der Waals surface area (Å²) in [5.41, 5.74) is 0.474. The molecule has 0 N–H and O–H groups in total. The second kappa shape index (κ2) is 6.04. The maximum atomic E-state index is 13.9. The molecule has 0 amide bonds. The lowest BCUT2D eigenvalue weighted by Crippen LogP contribution is -2.19. The van der Waals surface area contributed by atoms with Gasteiger partial charge < -0.3 is 0 Å². The van der Waals surface area contributed by atoms with Gasteiger partial charge in [0.2, 0.25) is 0 Å². The standard InChI is InChI=1S/C13H12BClF5NS/c1-6-2-7(16)8(3-9(6)22-5-13(18,19)20)21-11(14)12(15)4-10(12)17/h2-3,10H,4-5,14H2,1H3/b21-11-. The van der Waals surface area contributed by atoms with E-state index >= 15 is 0 Å². The van der Waals surface area contributed by atoms with Gasteiger partial charge in [0.1, 0.15) is 16.9 Å². The van der Waals surface area contributed by atoms with Gasteiger partial charge in [0.05, 0.1) is 11.4 Å². The van der Waals surface area contributed by atoms with E-state index in [0.29, 0.717) is 17.3 Å². The number of benzene rings is 1. The Morgan fingerprint density at radius 2 is 2.09 bits per heavy atom. The molecule has 120 valence electrons. The van der Waals surface area contributed by atoms with Crippen molar-refractivity contribution in [1.29, 1.82) is 0 Å². The molecule has 0 bridgehead atoms. The summed E-state index contributed by atoms with van der Waals surface area (Å²) < 4.78 is 63.9.